The molecule has 4 aromatic rings. The van der Waals surface area contributed by atoms with Crippen molar-refractivity contribution in [3.63, 3.8) is 0 Å². The van der Waals surface area contributed by atoms with E-state index in [-0.39, 0.29) is 0 Å². The third kappa shape index (κ3) is 8.49. The Bertz CT molecular complexity index is 739. The Morgan fingerprint density at radius 2 is 1.14 bits per heavy atom. The average molecular weight is 502 g/mol. The molecule has 0 saturated heterocycles. The first-order chi connectivity index (χ1) is 13.7. The summed E-state index contributed by atoms with van der Waals surface area (Å²) in [6.45, 7) is 2.22. The Morgan fingerprint density at radius 1 is 0.679 bits per heavy atom. The fourth-order valence-electron chi connectivity index (χ4n) is 2.58. The Kier molecular flexibility index (Phi) is 10.8. The van der Waals surface area contributed by atoms with Gasteiger partial charge in [0, 0.05) is 23.2 Å². The summed E-state index contributed by atoms with van der Waals surface area (Å²) in [6.07, 6.45) is 8.86. The summed E-state index contributed by atoms with van der Waals surface area (Å²) in [5.74, 6) is 0. The highest BCUT2D eigenvalue weighted by molar-refractivity contribution is 9.24. The molecule has 0 spiro atoms. The van der Waals surface area contributed by atoms with Gasteiger partial charge in [0.05, 0.1) is 14.8 Å². The molecule has 0 radical (unpaired) electrons. The molecule has 0 aliphatic carbocycles. The molecular weight excluding hydrogens is 476 g/mol. The molecule has 28 heavy (non-hydrogen) atoms. The van der Waals surface area contributed by atoms with Gasteiger partial charge in [-0.25, -0.2) is 0 Å². The molecule has 2 heterocycles. The van der Waals surface area contributed by atoms with E-state index < -0.39 is 0 Å². The number of hydrogen-bond donors (Lipinski definition) is 0. The summed E-state index contributed by atoms with van der Waals surface area (Å²) in [7, 11) is 0. The third-order valence-electron chi connectivity index (χ3n) is 4.05. The summed E-state index contributed by atoms with van der Waals surface area (Å²) in [4.78, 5) is 8.36. The van der Waals surface area contributed by atoms with Gasteiger partial charge >= 0.3 is 0 Å². The zero-order chi connectivity index (χ0) is 20.0. The molecule has 4 rings (SSSR count). The van der Waals surface area contributed by atoms with E-state index in [2.05, 4.69) is 73.0 Å². The van der Waals surface area contributed by atoms with E-state index in [1.165, 1.54) is 36.5 Å². The van der Waals surface area contributed by atoms with E-state index in [1.807, 2.05) is 60.9 Å². The highest BCUT2D eigenvalue weighted by Gasteiger charge is 1.94. The summed E-state index contributed by atoms with van der Waals surface area (Å²) in [5, 5.41) is 2.40. The van der Waals surface area contributed by atoms with E-state index in [0.717, 1.165) is 11.0 Å². The van der Waals surface area contributed by atoms with Crippen molar-refractivity contribution in [1.29, 1.82) is 0 Å². The highest BCUT2D eigenvalue weighted by Crippen LogP contribution is 2.16. The molecular formula is C24H26Br2N2. The Hall–Kier alpha value is -1.78. The number of fused-ring (bicyclic) bond motifs is 2. The quantitative estimate of drug-likeness (QED) is 0.208. The van der Waals surface area contributed by atoms with Crippen LogP contribution in [0.3, 0.4) is 0 Å². The van der Waals surface area contributed by atoms with Crippen molar-refractivity contribution < 1.29 is 0 Å². The van der Waals surface area contributed by atoms with Gasteiger partial charge in [0.1, 0.15) is 0 Å². The number of alkyl halides is 2. The SMILES string of the molecule is CCCCCC(Br)Br.c1ccc2ncccc2c1.c1ccc2ncccc2c1. The van der Waals surface area contributed by atoms with Crippen molar-refractivity contribution in [3.05, 3.63) is 85.2 Å². The summed E-state index contributed by atoms with van der Waals surface area (Å²) >= 11 is 6.84. The second-order valence-electron chi connectivity index (χ2n) is 6.28. The van der Waals surface area contributed by atoms with E-state index in [1.54, 1.807) is 0 Å². The molecule has 0 aliphatic rings. The van der Waals surface area contributed by atoms with Gasteiger partial charge in [0.2, 0.25) is 0 Å². The number of unbranched alkanes of at least 4 members (excludes halogenated alkanes) is 2. The number of nitrogens with zero attached hydrogens (tertiary/aromatic N) is 2. The van der Waals surface area contributed by atoms with Crippen molar-refractivity contribution in [1.82, 2.24) is 9.97 Å². The zero-order valence-electron chi connectivity index (χ0n) is 16.1. The third-order valence-corrected chi connectivity index (χ3v) is 4.97. The molecule has 0 unspecified atom stereocenters. The largest absolute Gasteiger partial charge is 0.256 e. The lowest BCUT2D eigenvalue weighted by Crippen LogP contribution is -1.83. The lowest BCUT2D eigenvalue weighted by atomic mass is 10.2. The lowest BCUT2D eigenvalue weighted by molar-refractivity contribution is 0.701. The molecule has 0 N–H and O–H groups in total. The number of hydrogen-bond acceptors (Lipinski definition) is 2. The van der Waals surface area contributed by atoms with Crippen LogP contribution in [-0.4, -0.2) is 13.7 Å². The second-order valence-corrected chi connectivity index (χ2v) is 9.72. The van der Waals surface area contributed by atoms with Crippen LogP contribution < -0.4 is 0 Å². The molecule has 0 fully saturated rings. The van der Waals surface area contributed by atoms with Crippen LogP contribution in [0.2, 0.25) is 0 Å². The molecule has 2 nitrogen and oxygen atoms in total. The molecule has 2 aromatic heterocycles. The number of rotatable bonds is 4. The molecule has 146 valence electrons. The van der Waals surface area contributed by atoms with Crippen LogP contribution in [0.25, 0.3) is 21.8 Å². The van der Waals surface area contributed by atoms with Gasteiger partial charge in [-0.1, -0.05) is 107 Å². The number of benzene rings is 2. The summed E-state index contributed by atoms with van der Waals surface area (Å²) in [6, 6.07) is 24.2. The van der Waals surface area contributed by atoms with Crippen molar-refractivity contribution in [3.8, 4) is 0 Å². The minimum Gasteiger partial charge on any atom is -0.256 e. The van der Waals surface area contributed by atoms with Gasteiger partial charge in [-0.15, -0.1) is 0 Å². The maximum Gasteiger partial charge on any atom is 0.0701 e. The van der Waals surface area contributed by atoms with Crippen LogP contribution in [0.1, 0.15) is 32.6 Å². The molecule has 0 saturated carbocycles. The van der Waals surface area contributed by atoms with Crippen LogP contribution in [0.5, 0.6) is 0 Å². The number of para-hydroxylation sites is 2. The first-order valence-corrected chi connectivity index (χ1v) is 11.4. The van der Waals surface area contributed by atoms with Crippen molar-refractivity contribution >= 4 is 53.7 Å². The van der Waals surface area contributed by atoms with Crippen molar-refractivity contribution in [2.75, 3.05) is 0 Å². The Morgan fingerprint density at radius 3 is 1.57 bits per heavy atom. The predicted molar refractivity (Wildman–Crippen MR) is 129 cm³/mol. The minimum atomic E-state index is 0.529. The van der Waals surface area contributed by atoms with Crippen LogP contribution >= 0.6 is 31.9 Å². The standard InChI is InChI=1S/2C9H7N.C6H12Br2/c2*1-2-6-9-8(4-1)5-3-7-10-9;1-2-3-4-5-6(7)8/h2*1-7H;6H,2-5H2,1H3. The molecule has 0 aliphatic heterocycles. The van der Waals surface area contributed by atoms with Crippen molar-refractivity contribution in [2.24, 2.45) is 0 Å². The average Bonchev–Trinajstić information content (AvgIpc) is 2.75. The molecule has 4 heteroatoms. The maximum absolute atomic E-state index is 4.18. The first-order valence-electron chi connectivity index (χ1n) is 9.58. The predicted octanol–water partition coefficient (Wildman–Crippen LogP) is 8.15. The van der Waals surface area contributed by atoms with E-state index in [0.29, 0.717) is 3.74 Å². The molecule has 2 aromatic carbocycles. The van der Waals surface area contributed by atoms with E-state index in [4.69, 9.17) is 0 Å². The molecule has 0 atom stereocenters. The Labute approximate surface area is 184 Å². The number of aromatic nitrogens is 2. The van der Waals surface area contributed by atoms with Crippen LogP contribution in [0.4, 0.5) is 0 Å². The maximum atomic E-state index is 4.18. The highest BCUT2D eigenvalue weighted by atomic mass is 79.9. The van der Waals surface area contributed by atoms with Gasteiger partial charge in [0.15, 0.2) is 0 Å². The lowest BCUT2D eigenvalue weighted by Gasteiger charge is -1.97. The van der Waals surface area contributed by atoms with Crippen molar-refractivity contribution in [2.45, 2.75) is 36.3 Å². The van der Waals surface area contributed by atoms with Gasteiger partial charge in [-0.05, 0) is 30.7 Å². The molecule has 0 bridgehead atoms. The number of halogens is 2. The zero-order valence-corrected chi connectivity index (χ0v) is 19.3. The number of pyridine rings is 2. The van der Waals surface area contributed by atoms with Crippen LogP contribution in [0, 0.1) is 0 Å². The molecule has 0 amide bonds. The summed E-state index contributed by atoms with van der Waals surface area (Å²) < 4.78 is 0.529. The fraction of sp³-hybridized carbons (Fsp3) is 0.250. The normalized spacial score (nSPS) is 10.1. The summed E-state index contributed by atoms with van der Waals surface area (Å²) in [5.41, 5.74) is 2.12. The van der Waals surface area contributed by atoms with E-state index >= 15 is 0 Å². The van der Waals surface area contributed by atoms with Gasteiger partial charge < -0.3 is 0 Å². The van der Waals surface area contributed by atoms with Gasteiger partial charge in [-0.2, -0.15) is 0 Å². The monoisotopic (exact) mass is 500 g/mol. The van der Waals surface area contributed by atoms with Gasteiger partial charge in [-0.3, -0.25) is 9.97 Å². The van der Waals surface area contributed by atoms with Crippen LogP contribution in [0.15, 0.2) is 85.2 Å². The van der Waals surface area contributed by atoms with E-state index in [9.17, 15) is 0 Å². The Balaban J connectivity index is 0.000000152. The van der Waals surface area contributed by atoms with Crippen LogP contribution in [-0.2, 0) is 0 Å². The smallest absolute Gasteiger partial charge is 0.0701 e. The topological polar surface area (TPSA) is 25.8 Å². The second kappa shape index (κ2) is 13.4. The first kappa shape index (κ1) is 22.5. The fourth-order valence-corrected chi connectivity index (χ4v) is 3.23. The van der Waals surface area contributed by atoms with Gasteiger partial charge in [0.25, 0.3) is 0 Å². The minimum absolute atomic E-state index is 0.529.